The van der Waals surface area contributed by atoms with Gasteiger partial charge in [0.25, 0.3) is 5.91 Å². The molecule has 2 amide bonds. The van der Waals surface area contributed by atoms with Crippen LogP contribution in [0.15, 0.2) is 54.7 Å². The molecule has 1 saturated heterocycles. The molecule has 0 radical (unpaired) electrons. The van der Waals surface area contributed by atoms with E-state index in [1.807, 2.05) is 36.5 Å². The Morgan fingerprint density at radius 1 is 1.08 bits per heavy atom. The number of methoxy groups -OCH3 is 1. The van der Waals surface area contributed by atoms with Crippen LogP contribution in [0.1, 0.15) is 54.1 Å². The summed E-state index contributed by atoms with van der Waals surface area (Å²) in [5.41, 5.74) is 3.93. The molecule has 0 spiro atoms. The predicted molar refractivity (Wildman–Crippen MR) is 140 cm³/mol. The number of ether oxygens (including phenoxy) is 1. The van der Waals surface area contributed by atoms with Crippen LogP contribution in [0.3, 0.4) is 0 Å². The third kappa shape index (κ3) is 4.05. The van der Waals surface area contributed by atoms with E-state index < -0.39 is 0 Å². The number of aromatic nitrogens is 1. The van der Waals surface area contributed by atoms with Crippen LogP contribution in [-0.4, -0.2) is 54.0 Å². The highest BCUT2D eigenvalue weighted by Gasteiger charge is 2.48. The summed E-state index contributed by atoms with van der Waals surface area (Å²) in [6.45, 7) is 1.36. The third-order valence-electron chi connectivity index (χ3n) is 8.43. The van der Waals surface area contributed by atoms with Crippen molar-refractivity contribution in [3.05, 3.63) is 65.9 Å². The molecule has 3 aliphatic rings. The van der Waals surface area contributed by atoms with Crippen LogP contribution >= 0.6 is 0 Å². The molecule has 2 aromatic carbocycles. The number of nitrogens with one attached hydrogen (secondary N) is 3. The fourth-order valence-electron chi connectivity index (χ4n) is 6.68. The van der Waals surface area contributed by atoms with Gasteiger partial charge in [0, 0.05) is 54.0 Å². The first-order valence-electron chi connectivity index (χ1n) is 13.2. The van der Waals surface area contributed by atoms with Gasteiger partial charge in [-0.05, 0) is 55.2 Å². The number of H-pyrrole nitrogens is 1. The molecule has 6 rings (SSSR count). The Kier molecular flexibility index (Phi) is 6.17. The highest BCUT2D eigenvalue weighted by atomic mass is 16.5. The molecule has 2 fully saturated rings. The number of hydrogen-bond donors (Lipinski definition) is 3. The summed E-state index contributed by atoms with van der Waals surface area (Å²) in [6, 6.07) is 16.1. The first-order valence-corrected chi connectivity index (χ1v) is 13.2. The molecule has 7 nitrogen and oxygen atoms in total. The first-order chi connectivity index (χ1) is 17.6. The van der Waals surface area contributed by atoms with Crippen molar-refractivity contribution in [1.29, 1.82) is 0 Å². The molecule has 2 aliphatic heterocycles. The van der Waals surface area contributed by atoms with Crippen molar-refractivity contribution in [1.82, 2.24) is 15.2 Å². The number of carbonyl (C=O) groups excluding carboxylic acids is 2. The summed E-state index contributed by atoms with van der Waals surface area (Å²) < 4.78 is 5.53. The fraction of sp³-hybridized carbons (Fsp3) is 0.448. The van der Waals surface area contributed by atoms with Gasteiger partial charge in [-0.1, -0.05) is 31.0 Å². The third-order valence-corrected chi connectivity index (χ3v) is 8.43. The molecular weight excluding hydrogens is 452 g/mol. The lowest BCUT2D eigenvalue weighted by molar-refractivity contribution is -0.139. The van der Waals surface area contributed by atoms with E-state index in [0.29, 0.717) is 18.1 Å². The largest absolute Gasteiger partial charge is 0.383 e. The van der Waals surface area contributed by atoms with E-state index in [1.54, 1.807) is 7.11 Å². The van der Waals surface area contributed by atoms with Gasteiger partial charge in [-0.15, -0.1) is 0 Å². The second-order valence-electron chi connectivity index (χ2n) is 10.5. The molecule has 7 heteroatoms. The maximum absolute atomic E-state index is 14.1. The molecule has 188 valence electrons. The highest BCUT2D eigenvalue weighted by molar-refractivity contribution is 5.98. The van der Waals surface area contributed by atoms with Crippen LogP contribution in [-0.2, 0) is 9.53 Å². The number of nitrogens with zero attached hydrogens (tertiary/aromatic N) is 1. The number of rotatable bonds is 5. The smallest absolute Gasteiger partial charge is 0.251 e. The van der Waals surface area contributed by atoms with Crippen LogP contribution < -0.4 is 10.6 Å². The van der Waals surface area contributed by atoms with E-state index in [0.717, 1.165) is 55.2 Å². The van der Waals surface area contributed by atoms with Crippen LogP contribution in [0.4, 0.5) is 5.69 Å². The summed E-state index contributed by atoms with van der Waals surface area (Å²) in [7, 11) is 1.73. The average Bonchev–Trinajstić information content (AvgIpc) is 3.56. The SMILES string of the molecule is COC[C@@H]1Nc2ccccc2C2[C@@H]1CCN2C(=O)[C@H]1CCCC[C@H]1NC(=O)c1ccc2[nH]ccc2c1. The summed E-state index contributed by atoms with van der Waals surface area (Å²) >= 11 is 0. The lowest BCUT2D eigenvalue weighted by Crippen LogP contribution is -2.50. The minimum atomic E-state index is -0.194. The molecule has 1 aromatic heterocycles. The molecule has 3 N–H and O–H groups in total. The van der Waals surface area contributed by atoms with E-state index in [-0.39, 0.29) is 35.9 Å². The van der Waals surface area contributed by atoms with Gasteiger partial charge in [0.15, 0.2) is 0 Å². The van der Waals surface area contributed by atoms with E-state index >= 15 is 0 Å². The van der Waals surface area contributed by atoms with Gasteiger partial charge in [-0.25, -0.2) is 0 Å². The molecule has 3 heterocycles. The number of anilines is 1. The molecule has 1 unspecified atom stereocenters. The molecule has 1 saturated carbocycles. The van der Waals surface area contributed by atoms with Gasteiger partial charge in [0.05, 0.1) is 24.6 Å². The fourth-order valence-corrected chi connectivity index (χ4v) is 6.68. The highest BCUT2D eigenvalue weighted by Crippen LogP contribution is 2.47. The van der Waals surface area contributed by atoms with E-state index in [9.17, 15) is 9.59 Å². The number of likely N-dealkylation sites (tertiary alicyclic amines) is 1. The van der Waals surface area contributed by atoms with Crippen molar-refractivity contribution in [2.75, 3.05) is 25.6 Å². The van der Waals surface area contributed by atoms with E-state index in [1.165, 1.54) is 5.56 Å². The summed E-state index contributed by atoms with van der Waals surface area (Å²) in [4.78, 5) is 32.6. The Labute approximate surface area is 211 Å². The van der Waals surface area contributed by atoms with Gasteiger partial charge in [-0.3, -0.25) is 9.59 Å². The summed E-state index contributed by atoms with van der Waals surface area (Å²) in [5.74, 6) is 0.199. The Morgan fingerprint density at radius 3 is 2.83 bits per heavy atom. The van der Waals surface area contributed by atoms with Crippen molar-refractivity contribution in [3.8, 4) is 0 Å². The van der Waals surface area contributed by atoms with Crippen LogP contribution in [0, 0.1) is 11.8 Å². The molecule has 36 heavy (non-hydrogen) atoms. The summed E-state index contributed by atoms with van der Waals surface area (Å²) in [5, 5.41) is 7.90. The normalized spacial score (nSPS) is 27.2. The van der Waals surface area contributed by atoms with Gasteiger partial charge < -0.3 is 25.3 Å². The zero-order valence-corrected chi connectivity index (χ0v) is 20.7. The maximum Gasteiger partial charge on any atom is 0.251 e. The predicted octanol–water partition coefficient (Wildman–Crippen LogP) is 4.49. The molecule has 3 aromatic rings. The Bertz CT molecular complexity index is 1270. The minimum Gasteiger partial charge on any atom is -0.383 e. The monoisotopic (exact) mass is 486 g/mol. The molecular formula is C29H34N4O3. The zero-order valence-electron chi connectivity index (χ0n) is 20.7. The number of carbonyl (C=O) groups is 2. The second kappa shape index (κ2) is 9.62. The standard InChI is InChI=1S/C29H34N4O3/c1-36-17-26-21-13-15-33(27(21)20-6-2-4-8-24(20)31-26)29(35)22-7-3-5-9-25(22)32-28(34)19-10-11-23-18(16-19)12-14-30-23/h2,4,6,8,10-12,14,16,21-22,25-27,30-31H,3,5,7,9,13,15,17H2,1H3,(H,32,34)/t21-,22+,25-,26+,27?/m1/s1. The number of fused-ring (bicyclic) bond motifs is 4. The lowest BCUT2D eigenvalue weighted by atomic mass is 9.81. The van der Waals surface area contributed by atoms with Crippen molar-refractivity contribution < 1.29 is 14.3 Å². The maximum atomic E-state index is 14.1. The van der Waals surface area contributed by atoms with Crippen molar-refractivity contribution >= 4 is 28.4 Å². The van der Waals surface area contributed by atoms with Crippen LogP contribution in [0.5, 0.6) is 0 Å². The second-order valence-corrected chi connectivity index (χ2v) is 10.5. The van der Waals surface area contributed by atoms with Gasteiger partial charge >= 0.3 is 0 Å². The van der Waals surface area contributed by atoms with Gasteiger partial charge in [0.2, 0.25) is 5.91 Å². The van der Waals surface area contributed by atoms with Crippen LogP contribution in [0.2, 0.25) is 0 Å². The minimum absolute atomic E-state index is 0.0457. The molecule has 5 atom stereocenters. The van der Waals surface area contributed by atoms with Crippen molar-refractivity contribution in [2.45, 2.75) is 50.2 Å². The zero-order chi connectivity index (χ0) is 24.6. The number of hydrogen-bond acceptors (Lipinski definition) is 4. The number of benzene rings is 2. The topological polar surface area (TPSA) is 86.5 Å². The van der Waals surface area contributed by atoms with Gasteiger partial charge in [-0.2, -0.15) is 0 Å². The Hall–Kier alpha value is -3.32. The van der Waals surface area contributed by atoms with Crippen molar-refractivity contribution in [2.24, 2.45) is 11.8 Å². The number of amides is 2. The molecule has 0 bridgehead atoms. The number of para-hydroxylation sites is 1. The average molecular weight is 487 g/mol. The summed E-state index contributed by atoms with van der Waals surface area (Å²) in [6.07, 6.45) is 6.52. The van der Waals surface area contributed by atoms with Crippen molar-refractivity contribution in [3.63, 3.8) is 0 Å². The Balaban J connectivity index is 1.23. The lowest BCUT2D eigenvalue weighted by Gasteiger charge is -2.41. The van der Waals surface area contributed by atoms with E-state index in [4.69, 9.17) is 4.74 Å². The van der Waals surface area contributed by atoms with E-state index in [2.05, 4.69) is 38.7 Å². The first kappa shape index (κ1) is 23.1. The quantitative estimate of drug-likeness (QED) is 0.496. The number of aromatic amines is 1. The molecule has 1 aliphatic carbocycles. The van der Waals surface area contributed by atoms with Crippen LogP contribution in [0.25, 0.3) is 10.9 Å². The Morgan fingerprint density at radius 2 is 1.94 bits per heavy atom. The van der Waals surface area contributed by atoms with Gasteiger partial charge in [0.1, 0.15) is 0 Å².